The lowest BCUT2D eigenvalue weighted by Gasteiger charge is -2.35. The number of rotatable bonds is 6. The van der Waals surface area contributed by atoms with Crippen LogP contribution in [-0.2, 0) is 19.2 Å². The lowest BCUT2D eigenvalue weighted by atomic mass is 10.1. The van der Waals surface area contributed by atoms with E-state index in [1.807, 2.05) is 60.7 Å². The van der Waals surface area contributed by atoms with Crippen LogP contribution < -0.4 is 10.6 Å². The van der Waals surface area contributed by atoms with Gasteiger partial charge in [-0.3, -0.25) is 19.2 Å². The van der Waals surface area contributed by atoms with Crippen molar-refractivity contribution in [1.82, 2.24) is 20.4 Å². The number of hydrogen-bond donors (Lipinski definition) is 2. The molecule has 1 fully saturated rings. The topological polar surface area (TPSA) is 98.8 Å². The quantitative estimate of drug-likeness (QED) is 0.645. The van der Waals surface area contributed by atoms with Crippen LogP contribution in [0, 0.1) is 0 Å². The van der Waals surface area contributed by atoms with Crippen LogP contribution in [0.3, 0.4) is 0 Å². The Balaban J connectivity index is 1.71. The number of piperazine rings is 1. The third-order valence-corrected chi connectivity index (χ3v) is 5.16. The number of nitrogens with zero attached hydrogens (tertiary/aromatic N) is 2. The summed E-state index contributed by atoms with van der Waals surface area (Å²) in [5.41, 5.74) is 1.95. The zero-order chi connectivity index (χ0) is 24.5. The normalized spacial score (nSPS) is 14.4. The van der Waals surface area contributed by atoms with Gasteiger partial charge < -0.3 is 20.4 Å². The van der Waals surface area contributed by atoms with Crippen LogP contribution in [0.2, 0.25) is 0 Å². The van der Waals surface area contributed by atoms with Crippen molar-refractivity contribution in [3.05, 3.63) is 83.2 Å². The Hall–Kier alpha value is -4.20. The zero-order valence-electron chi connectivity index (χ0n) is 19.3. The summed E-state index contributed by atoms with van der Waals surface area (Å²) in [7, 11) is 0. The van der Waals surface area contributed by atoms with E-state index in [0.717, 1.165) is 11.1 Å². The Morgan fingerprint density at radius 1 is 0.618 bits per heavy atom. The number of hydrogen-bond acceptors (Lipinski definition) is 4. The van der Waals surface area contributed by atoms with Gasteiger partial charge in [0.15, 0.2) is 0 Å². The van der Waals surface area contributed by atoms with Gasteiger partial charge in [-0.05, 0) is 23.3 Å². The third-order valence-electron chi connectivity index (χ3n) is 5.16. The molecule has 0 bridgehead atoms. The van der Waals surface area contributed by atoms with Gasteiger partial charge in [0.05, 0.1) is 0 Å². The molecule has 3 rings (SSSR count). The predicted molar refractivity (Wildman–Crippen MR) is 130 cm³/mol. The first-order valence-electron chi connectivity index (χ1n) is 11.0. The summed E-state index contributed by atoms with van der Waals surface area (Å²) in [6.07, 6.45) is 3.28. The third kappa shape index (κ3) is 6.90. The molecule has 0 atom stereocenters. The van der Waals surface area contributed by atoms with Crippen molar-refractivity contribution in [1.29, 1.82) is 0 Å². The molecule has 0 radical (unpaired) electrons. The van der Waals surface area contributed by atoms with Gasteiger partial charge in [0.2, 0.25) is 11.8 Å². The molecule has 2 N–H and O–H groups in total. The second-order valence-electron chi connectivity index (χ2n) is 7.88. The van der Waals surface area contributed by atoms with E-state index in [1.165, 1.54) is 13.8 Å². The van der Waals surface area contributed by atoms with Gasteiger partial charge in [-0.25, -0.2) is 0 Å². The van der Waals surface area contributed by atoms with Crippen molar-refractivity contribution in [2.24, 2.45) is 0 Å². The predicted octanol–water partition coefficient (Wildman–Crippen LogP) is 2.01. The maximum atomic E-state index is 13.1. The maximum Gasteiger partial charge on any atom is 0.270 e. The van der Waals surface area contributed by atoms with Crippen molar-refractivity contribution in [2.45, 2.75) is 13.8 Å². The van der Waals surface area contributed by atoms with E-state index in [9.17, 15) is 19.2 Å². The molecular weight excluding hydrogens is 432 g/mol. The molecule has 8 nitrogen and oxygen atoms in total. The first-order valence-corrected chi connectivity index (χ1v) is 11.0. The van der Waals surface area contributed by atoms with E-state index in [1.54, 1.807) is 22.0 Å². The van der Waals surface area contributed by atoms with Crippen LogP contribution in [0.4, 0.5) is 0 Å². The van der Waals surface area contributed by atoms with Crippen LogP contribution in [-0.4, -0.2) is 59.6 Å². The van der Waals surface area contributed by atoms with Gasteiger partial charge in [0, 0.05) is 40.0 Å². The first kappa shape index (κ1) is 24.4. The molecule has 0 saturated carbocycles. The smallest absolute Gasteiger partial charge is 0.270 e. The fourth-order valence-electron chi connectivity index (χ4n) is 3.57. The van der Waals surface area contributed by atoms with Crippen molar-refractivity contribution in [3.8, 4) is 0 Å². The molecular formula is C26H28N4O4. The largest absolute Gasteiger partial charge is 0.334 e. The SMILES string of the molecule is CC(=O)NC(=Cc1ccccc1)C(=O)N1CCN(C(=O)C(=Cc2ccccc2)NC(C)=O)CC1. The summed E-state index contributed by atoms with van der Waals surface area (Å²) >= 11 is 0. The summed E-state index contributed by atoms with van der Waals surface area (Å²) in [5, 5.41) is 5.24. The Bertz CT molecular complexity index is 1010. The lowest BCUT2D eigenvalue weighted by molar-refractivity contribution is -0.136. The highest BCUT2D eigenvalue weighted by atomic mass is 16.2. The number of carbonyl (C=O) groups is 4. The van der Waals surface area contributed by atoms with Crippen molar-refractivity contribution >= 4 is 35.8 Å². The minimum absolute atomic E-state index is 0.182. The van der Waals surface area contributed by atoms with Gasteiger partial charge in [-0.2, -0.15) is 0 Å². The Labute approximate surface area is 198 Å². The van der Waals surface area contributed by atoms with Gasteiger partial charge >= 0.3 is 0 Å². The van der Waals surface area contributed by atoms with Crippen molar-refractivity contribution < 1.29 is 19.2 Å². The van der Waals surface area contributed by atoms with E-state index in [4.69, 9.17) is 0 Å². The van der Waals surface area contributed by atoms with E-state index < -0.39 is 0 Å². The van der Waals surface area contributed by atoms with E-state index in [2.05, 4.69) is 10.6 Å². The number of carbonyl (C=O) groups excluding carboxylic acids is 4. The molecule has 1 saturated heterocycles. The Kier molecular flexibility index (Phi) is 8.34. The van der Waals surface area contributed by atoms with Crippen LogP contribution >= 0.6 is 0 Å². The molecule has 2 aromatic carbocycles. The Morgan fingerprint density at radius 2 is 0.941 bits per heavy atom. The molecule has 1 aliphatic heterocycles. The zero-order valence-corrected chi connectivity index (χ0v) is 19.3. The van der Waals surface area contributed by atoms with Gasteiger partial charge in [-0.15, -0.1) is 0 Å². The average molecular weight is 461 g/mol. The molecule has 0 unspecified atom stereocenters. The molecule has 0 spiro atoms. The number of amides is 4. The molecule has 0 aromatic heterocycles. The van der Waals surface area contributed by atoms with Gasteiger partial charge in [0.1, 0.15) is 11.4 Å². The maximum absolute atomic E-state index is 13.1. The average Bonchev–Trinajstić information content (AvgIpc) is 2.83. The van der Waals surface area contributed by atoms with Crippen LogP contribution in [0.25, 0.3) is 12.2 Å². The van der Waals surface area contributed by atoms with Crippen molar-refractivity contribution in [2.75, 3.05) is 26.2 Å². The van der Waals surface area contributed by atoms with E-state index in [0.29, 0.717) is 26.2 Å². The lowest BCUT2D eigenvalue weighted by Crippen LogP contribution is -2.53. The number of benzene rings is 2. The highest BCUT2D eigenvalue weighted by molar-refractivity contribution is 6.02. The minimum Gasteiger partial charge on any atom is -0.334 e. The summed E-state index contributed by atoms with van der Waals surface area (Å²) in [4.78, 5) is 52.8. The fourth-order valence-corrected chi connectivity index (χ4v) is 3.57. The van der Waals surface area contributed by atoms with Crippen LogP contribution in [0.5, 0.6) is 0 Å². The molecule has 1 aliphatic rings. The van der Waals surface area contributed by atoms with Crippen LogP contribution in [0.1, 0.15) is 25.0 Å². The second-order valence-corrected chi connectivity index (χ2v) is 7.88. The molecule has 34 heavy (non-hydrogen) atoms. The molecule has 4 amide bonds. The van der Waals surface area contributed by atoms with Crippen LogP contribution in [0.15, 0.2) is 72.1 Å². The summed E-state index contributed by atoms with van der Waals surface area (Å²) in [5.74, 6) is -1.30. The van der Waals surface area contributed by atoms with E-state index >= 15 is 0 Å². The Morgan fingerprint density at radius 3 is 1.24 bits per heavy atom. The molecule has 8 heteroatoms. The van der Waals surface area contributed by atoms with Gasteiger partial charge in [0.25, 0.3) is 11.8 Å². The van der Waals surface area contributed by atoms with E-state index in [-0.39, 0.29) is 35.0 Å². The molecule has 0 aliphatic carbocycles. The summed E-state index contributed by atoms with van der Waals surface area (Å²) < 4.78 is 0. The fraction of sp³-hybridized carbons (Fsp3) is 0.231. The minimum atomic E-state index is -0.338. The first-order chi connectivity index (χ1) is 16.3. The summed E-state index contributed by atoms with van der Waals surface area (Å²) in [6.45, 7) is 3.91. The standard InChI is InChI=1S/C26H28N4O4/c1-19(31)27-23(17-21-9-5-3-6-10-21)25(33)29-13-15-30(16-14-29)26(34)24(28-20(2)32)18-22-11-7-4-8-12-22/h3-12,17-18H,13-16H2,1-2H3,(H,27,31)(H,28,32). The van der Waals surface area contributed by atoms with Gasteiger partial charge in [-0.1, -0.05) is 60.7 Å². The van der Waals surface area contributed by atoms with Crippen molar-refractivity contribution in [3.63, 3.8) is 0 Å². The highest BCUT2D eigenvalue weighted by Crippen LogP contribution is 2.13. The molecule has 2 aromatic rings. The second kappa shape index (κ2) is 11.6. The summed E-state index contributed by atoms with van der Waals surface area (Å²) in [6, 6.07) is 18.5. The monoisotopic (exact) mass is 460 g/mol. The number of nitrogens with one attached hydrogen (secondary N) is 2. The highest BCUT2D eigenvalue weighted by Gasteiger charge is 2.28. The molecule has 1 heterocycles. The molecule has 176 valence electrons.